The highest BCUT2D eigenvalue weighted by atomic mass is 16.5. The molecule has 0 bridgehead atoms. The first-order valence-electron chi connectivity index (χ1n) is 4.95. The average Bonchev–Trinajstić information content (AvgIpc) is 2.52. The summed E-state index contributed by atoms with van der Waals surface area (Å²) in [5.41, 5.74) is 4.13. The van der Waals surface area contributed by atoms with Crippen LogP contribution in [0.15, 0.2) is 12.1 Å². The van der Waals surface area contributed by atoms with Crippen LogP contribution in [0.1, 0.15) is 36.5 Å². The summed E-state index contributed by atoms with van der Waals surface area (Å²) in [4.78, 5) is 0. The van der Waals surface area contributed by atoms with Gasteiger partial charge in [-0.2, -0.15) is 0 Å². The molecule has 0 radical (unpaired) electrons. The summed E-state index contributed by atoms with van der Waals surface area (Å²) in [5, 5.41) is 0. The lowest BCUT2D eigenvalue weighted by atomic mass is 9.95. The molecule has 1 aromatic carbocycles. The molecule has 0 unspecified atom stereocenters. The minimum atomic E-state index is 0.592. The van der Waals surface area contributed by atoms with Crippen molar-refractivity contribution in [2.24, 2.45) is 0 Å². The molecule has 1 aliphatic rings. The molecule has 13 heavy (non-hydrogen) atoms. The van der Waals surface area contributed by atoms with Gasteiger partial charge in [-0.1, -0.05) is 26.0 Å². The number of ether oxygens (including phenoxy) is 1. The van der Waals surface area contributed by atoms with Gasteiger partial charge in [0.2, 0.25) is 0 Å². The molecule has 2 rings (SSSR count). The summed E-state index contributed by atoms with van der Waals surface area (Å²) < 4.78 is 5.62. The summed E-state index contributed by atoms with van der Waals surface area (Å²) in [6, 6.07) is 4.46. The molecule has 1 heterocycles. The van der Waals surface area contributed by atoms with Crippen molar-refractivity contribution in [3.63, 3.8) is 0 Å². The zero-order chi connectivity index (χ0) is 9.42. The normalized spacial score (nSPS) is 14.5. The molecule has 1 nitrogen and oxygen atoms in total. The van der Waals surface area contributed by atoms with Crippen molar-refractivity contribution in [3.05, 3.63) is 28.8 Å². The van der Waals surface area contributed by atoms with E-state index in [2.05, 4.69) is 32.9 Å². The Morgan fingerprint density at radius 2 is 2.08 bits per heavy atom. The van der Waals surface area contributed by atoms with Crippen LogP contribution in [0.25, 0.3) is 0 Å². The number of rotatable bonds is 1. The number of hydrogen-bond donors (Lipinski definition) is 0. The van der Waals surface area contributed by atoms with Crippen molar-refractivity contribution in [2.75, 3.05) is 6.61 Å². The van der Waals surface area contributed by atoms with E-state index in [1.165, 1.54) is 16.7 Å². The highest BCUT2D eigenvalue weighted by Crippen LogP contribution is 2.34. The molecule has 0 atom stereocenters. The molecule has 0 N–H and O–H groups in total. The van der Waals surface area contributed by atoms with Crippen molar-refractivity contribution in [3.8, 4) is 5.75 Å². The first kappa shape index (κ1) is 8.61. The largest absolute Gasteiger partial charge is 0.493 e. The van der Waals surface area contributed by atoms with E-state index in [1.807, 2.05) is 0 Å². The van der Waals surface area contributed by atoms with Crippen LogP contribution in [0.4, 0.5) is 0 Å². The fourth-order valence-electron chi connectivity index (χ4n) is 2.05. The van der Waals surface area contributed by atoms with E-state index in [0.717, 1.165) is 18.8 Å². The Morgan fingerprint density at radius 3 is 2.77 bits per heavy atom. The highest BCUT2D eigenvalue weighted by molar-refractivity contribution is 5.48. The van der Waals surface area contributed by atoms with Crippen molar-refractivity contribution in [1.82, 2.24) is 0 Å². The maximum absolute atomic E-state index is 5.62. The maximum Gasteiger partial charge on any atom is 0.125 e. The van der Waals surface area contributed by atoms with E-state index in [0.29, 0.717) is 5.92 Å². The molecule has 0 spiro atoms. The lowest BCUT2D eigenvalue weighted by Gasteiger charge is -2.12. The van der Waals surface area contributed by atoms with Gasteiger partial charge in [-0.3, -0.25) is 0 Å². The van der Waals surface area contributed by atoms with Crippen LogP contribution in [-0.2, 0) is 6.42 Å². The van der Waals surface area contributed by atoms with Crippen LogP contribution in [0.3, 0.4) is 0 Å². The van der Waals surface area contributed by atoms with Crippen LogP contribution in [-0.4, -0.2) is 6.61 Å². The topological polar surface area (TPSA) is 9.23 Å². The second-order valence-corrected chi connectivity index (χ2v) is 4.02. The second-order valence-electron chi connectivity index (χ2n) is 4.02. The molecular weight excluding hydrogens is 160 g/mol. The number of fused-ring (bicyclic) bond motifs is 1. The molecule has 0 aromatic heterocycles. The molecule has 0 amide bonds. The molecule has 0 fully saturated rings. The third-order valence-corrected chi connectivity index (χ3v) is 2.77. The third-order valence-electron chi connectivity index (χ3n) is 2.77. The summed E-state index contributed by atoms with van der Waals surface area (Å²) >= 11 is 0. The summed E-state index contributed by atoms with van der Waals surface area (Å²) in [6.07, 6.45) is 1.08. The zero-order valence-corrected chi connectivity index (χ0v) is 8.55. The molecule has 70 valence electrons. The molecule has 0 saturated carbocycles. The van der Waals surface area contributed by atoms with Gasteiger partial charge in [-0.25, -0.2) is 0 Å². The standard InChI is InChI=1S/C12H16O/c1-8(2)11-5-4-10-6-7-13-12(10)9(11)3/h4-5,8H,6-7H2,1-3H3. The van der Waals surface area contributed by atoms with Gasteiger partial charge >= 0.3 is 0 Å². The Morgan fingerprint density at radius 1 is 1.31 bits per heavy atom. The molecule has 0 saturated heterocycles. The minimum Gasteiger partial charge on any atom is -0.493 e. The first-order chi connectivity index (χ1) is 6.20. The SMILES string of the molecule is Cc1c(C(C)C)ccc2c1OCC2. The van der Waals surface area contributed by atoms with Crippen molar-refractivity contribution < 1.29 is 4.74 Å². The molecule has 1 aromatic rings. The summed E-state index contributed by atoms with van der Waals surface area (Å²) in [7, 11) is 0. The molecular formula is C12H16O. The Bertz CT molecular complexity index is 326. The van der Waals surface area contributed by atoms with Gasteiger partial charge in [0.25, 0.3) is 0 Å². The summed E-state index contributed by atoms with van der Waals surface area (Å²) in [5.74, 6) is 1.74. The predicted molar refractivity (Wildman–Crippen MR) is 54.5 cm³/mol. The highest BCUT2D eigenvalue weighted by Gasteiger charge is 2.17. The van der Waals surface area contributed by atoms with Crippen LogP contribution in [0.5, 0.6) is 5.75 Å². The fraction of sp³-hybridized carbons (Fsp3) is 0.500. The first-order valence-corrected chi connectivity index (χ1v) is 4.95. The quantitative estimate of drug-likeness (QED) is 0.639. The second kappa shape index (κ2) is 3.06. The van der Waals surface area contributed by atoms with E-state index < -0.39 is 0 Å². The Kier molecular flexibility index (Phi) is 2.03. The van der Waals surface area contributed by atoms with E-state index >= 15 is 0 Å². The average molecular weight is 176 g/mol. The fourth-order valence-corrected chi connectivity index (χ4v) is 2.05. The monoisotopic (exact) mass is 176 g/mol. The third kappa shape index (κ3) is 1.32. The Labute approximate surface area is 79.7 Å². The van der Waals surface area contributed by atoms with Crippen LogP contribution < -0.4 is 4.74 Å². The minimum absolute atomic E-state index is 0.592. The van der Waals surface area contributed by atoms with E-state index in [9.17, 15) is 0 Å². The van der Waals surface area contributed by atoms with Gasteiger partial charge < -0.3 is 4.74 Å². The van der Waals surface area contributed by atoms with Gasteiger partial charge in [-0.15, -0.1) is 0 Å². The van der Waals surface area contributed by atoms with Gasteiger partial charge in [0.1, 0.15) is 5.75 Å². The van der Waals surface area contributed by atoms with Gasteiger partial charge in [0.15, 0.2) is 0 Å². The van der Waals surface area contributed by atoms with Crippen molar-refractivity contribution in [2.45, 2.75) is 33.1 Å². The van der Waals surface area contributed by atoms with Gasteiger partial charge in [-0.05, 0) is 29.5 Å². The Hall–Kier alpha value is -0.980. The molecule has 1 aliphatic heterocycles. The lowest BCUT2D eigenvalue weighted by Crippen LogP contribution is -1.95. The maximum atomic E-state index is 5.62. The summed E-state index contributed by atoms with van der Waals surface area (Å²) in [6.45, 7) is 7.48. The van der Waals surface area contributed by atoms with E-state index in [4.69, 9.17) is 4.74 Å². The number of benzene rings is 1. The van der Waals surface area contributed by atoms with Gasteiger partial charge in [0, 0.05) is 6.42 Å². The van der Waals surface area contributed by atoms with Crippen LogP contribution in [0, 0.1) is 6.92 Å². The van der Waals surface area contributed by atoms with E-state index in [1.54, 1.807) is 0 Å². The van der Waals surface area contributed by atoms with Gasteiger partial charge in [0.05, 0.1) is 6.61 Å². The Balaban J connectivity index is 2.52. The van der Waals surface area contributed by atoms with E-state index in [-0.39, 0.29) is 0 Å². The van der Waals surface area contributed by atoms with Crippen LogP contribution in [0.2, 0.25) is 0 Å². The van der Waals surface area contributed by atoms with Crippen molar-refractivity contribution in [1.29, 1.82) is 0 Å². The molecule has 1 heteroatoms. The smallest absolute Gasteiger partial charge is 0.125 e. The lowest BCUT2D eigenvalue weighted by molar-refractivity contribution is 0.354. The van der Waals surface area contributed by atoms with Crippen molar-refractivity contribution >= 4 is 0 Å². The zero-order valence-electron chi connectivity index (χ0n) is 8.55. The molecule has 0 aliphatic carbocycles. The van der Waals surface area contributed by atoms with Crippen LogP contribution >= 0.6 is 0 Å². The number of hydrogen-bond acceptors (Lipinski definition) is 1. The predicted octanol–water partition coefficient (Wildman–Crippen LogP) is 3.05.